The van der Waals surface area contributed by atoms with Crippen LogP contribution in [0.4, 0.5) is 5.82 Å². The van der Waals surface area contributed by atoms with E-state index in [1.165, 1.54) is 0 Å². The monoisotopic (exact) mass is 316 g/mol. The van der Waals surface area contributed by atoms with Crippen LogP contribution in [0.15, 0.2) is 18.3 Å². The number of ether oxygens (including phenoxy) is 1. The highest BCUT2D eigenvalue weighted by molar-refractivity contribution is 5.94. The van der Waals surface area contributed by atoms with Gasteiger partial charge in [-0.3, -0.25) is 4.98 Å². The number of carboxylic acids is 1. The molecule has 1 aliphatic rings. The maximum Gasteiger partial charge on any atom is 0.335 e. The van der Waals surface area contributed by atoms with Crippen molar-refractivity contribution in [1.82, 2.24) is 15.3 Å². The fourth-order valence-electron chi connectivity index (χ4n) is 2.69. The van der Waals surface area contributed by atoms with Gasteiger partial charge in [0.15, 0.2) is 0 Å². The van der Waals surface area contributed by atoms with Gasteiger partial charge in [0.25, 0.3) is 0 Å². The maximum absolute atomic E-state index is 11.3. The molecule has 2 heterocycles. The summed E-state index contributed by atoms with van der Waals surface area (Å²) >= 11 is 0. The molecule has 0 amide bonds. The van der Waals surface area contributed by atoms with Crippen LogP contribution in [-0.2, 0) is 4.74 Å². The van der Waals surface area contributed by atoms with Crippen LogP contribution in [0.25, 0.3) is 11.0 Å². The number of nitrogens with zero attached hydrogens (tertiary/aromatic N) is 3. The number of nitrogens with one attached hydrogen (secondary N) is 1. The van der Waals surface area contributed by atoms with Gasteiger partial charge in [-0.15, -0.1) is 0 Å². The van der Waals surface area contributed by atoms with Crippen molar-refractivity contribution >= 4 is 22.8 Å². The van der Waals surface area contributed by atoms with Gasteiger partial charge in [0.1, 0.15) is 5.82 Å². The molecule has 0 spiro atoms. The molecular weight excluding hydrogens is 296 g/mol. The van der Waals surface area contributed by atoms with Crippen LogP contribution < -0.4 is 10.2 Å². The summed E-state index contributed by atoms with van der Waals surface area (Å²) in [5.74, 6) is -0.163. The minimum atomic E-state index is -0.962. The number of aromatic carboxylic acids is 1. The molecule has 23 heavy (non-hydrogen) atoms. The molecule has 0 radical (unpaired) electrons. The van der Waals surface area contributed by atoms with Gasteiger partial charge in [-0.25, -0.2) is 9.78 Å². The first-order chi connectivity index (χ1) is 11.1. The van der Waals surface area contributed by atoms with Crippen LogP contribution >= 0.6 is 0 Å². The van der Waals surface area contributed by atoms with E-state index in [-0.39, 0.29) is 11.6 Å². The number of carboxylic acid groups (broad SMARTS) is 1. The zero-order valence-corrected chi connectivity index (χ0v) is 13.2. The van der Waals surface area contributed by atoms with Crippen molar-refractivity contribution in [2.45, 2.75) is 13.0 Å². The number of benzene rings is 1. The first-order valence-electron chi connectivity index (χ1n) is 7.64. The molecule has 1 aliphatic heterocycles. The normalized spacial score (nSPS) is 16.5. The molecule has 2 N–H and O–H groups in total. The minimum absolute atomic E-state index is 0.0222. The smallest absolute Gasteiger partial charge is 0.335 e. The van der Waals surface area contributed by atoms with Gasteiger partial charge in [-0.1, -0.05) is 0 Å². The average molecular weight is 316 g/mol. The van der Waals surface area contributed by atoms with Crippen molar-refractivity contribution < 1.29 is 14.6 Å². The largest absolute Gasteiger partial charge is 0.478 e. The van der Waals surface area contributed by atoms with E-state index < -0.39 is 5.97 Å². The molecule has 1 unspecified atom stereocenters. The number of anilines is 1. The number of hydrogen-bond donors (Lipinski definition) is 2. The Balaban J connectivity index is 2.12. The summed E-state index contributed by atoms with van der Waals surface area (Å²) in [7, 11) is 1.84. The average Bonchev–Trinajstić information content (AvgIpc) is 2.60. The minimum Gasteiger partial charge on any atom is -0.478 e. The third-order valence-electron chi connectivity index (χ3n) is 4.15. The SMILES string of the molecule is CNC(C)c1cc(C(=O)O)cc2ncc(N3CCOCC3)nc12. The standard InChI is InChI=1S/C16H20N4O3/c1-10(17-2)12-7-11(16(21)22)8-13-15(12)19-14(9-18-13)20-3-5-23-6-4-20/h7-10,17H,3-6H2,1-2H3,(H,21,22). The molecule has 0 aliphatic carbocycles. The molecule has 7 heteroatoms. The zero-order valence-electron chi connectivity index (χ0n) is 13.2. The van der Waals surface area contributed by atoms with Crippen LogP contribution in [0.2, 0.25) is 0 Å². The molecule has 1 aromatic heterocycles. The van der Waals surface area contributed by atoms with E-state index in [1.54, 1.807) is 18.3 Å². The van der Waals surface area contributed by atoms with Crippen LogP contribution in [0.3, 0.4) is 0 Å². The highest BCUT2D eigenvalue weighted by Crippen LogP contribution is 2.26. The first-order valence-corrected chi connectivity index (χ1v) is 7.64. The first kappa shape index (κ1) is 15.6. The van der Waals surface area contributed by atoms with Crippen molar-refractivity contribution in [1.29, 1.82) is 0 Å². The molecule has 0 saturated carbocycles. The lowest BCUT2D eigenvalue weighted by molar-refractivity contribution is 0.0697. The van der Waals surface area contributed by atoms with Crippen LogP contribution in [-0.4, -0.2) is 54.4 Å². The molecule has 3 rings (SSSR count). The van der Waals surface area contributed by atoms with Gasteiger partial charge >= 0.3 is 5.97 Å². The predicted molar refractivity (Wildman–Crippen MR) is 87.0 cm³/mol. The summed E-state index contributed by atoms with van der Waals surface area (Å²) in [5, 5.41) is 12.4. The number of morpholine rings is 1. The Morgan fingerprint density at radius 2 is 2.13 bits per heavy atom. The lowest BCUT2D eigenvalue weighted by Gasteiger charge is -2.28. The lowest BCUT2D eigenvalue weighted by atomic mass is 10.0. The Morgan fingerprint density at radius 3 is 2.78 bits per heavy atom. The Labute approximate surface area is 134 Å². The summed E-state index contributed by atoms with van der Waals surface area (Å²) in [6, 6.07) is 3.22. The van der Waals surface area contributed by atoms with E-state index >= 15 is 0 Å². The Morgan fingerprint density at radius 1 is 1.39 bits per heavy atom. The van der Waals surface area contributed by atoms with Crippen LogP contribution in [0.1, 0.15) is 28.9 Å². The summed E-state index contributed by atoms with van der Waals surface area (Å²) < 4.78 is 5.36. The summed E-state index contributed by atoms with van der Waals surface area (Å²) in [4.78, 5) is 22.6. The fraction of sp³-hybridized carbons (Fsp3) is 0.438. The quantitative estimate of drug-likeness (QED) is 0.882. The van der Waals surface area contributed by atoms with E-state index in [0.717, 1.165) is 30.0 Å². The van der Waals surface area contributed by atoms with Crippen molar-refractivity contribution in [2.24, 2.45) is 0 Å². The predicted octanol–water partition coefficient (Wildman–Crippen LogP) is 1.44. The van der Waals surface area contributed by atoms with Crippen LogP contribution in [0, 0.1) is 0 Å². The second kappa shape index (κ2) is 6.47. The van der Waals surface area contributed by atoms with Crippen molar-refractivity contribution in [2.75, 3.05) is 38.3 Å². The highest BCUT2D eigenvalue weighted by atomic mass is 16.5. The molecule has 122 valence electrons. The van der Waals surface area contributed by atoms with E-state index in [4.69, 9.17) is 9.72 Å². The number of rotatable bonds is 4. The van der Waals surface area contributed by atoms with Crippen molar-refractivity contribution in [3.8, 4) is 0 Å². The van der Waals surface area contributed by atoms with E-state index in [9.17, 15) is 9.90 Å². The number of aromatic nitrogens is 2. The van der Waals surface area contributed by atoms with Gasteiger partial charge in [0.05, 0.1) is 36.0 Å². The fourth-order valence-corrected chi connectivity index (χ4v) is 2.69. The number of hydrogen-bond acceptors (Lipinski definition) is 6. The maximum atomic E-state index is 11.3. The molecule has 0 bridgehead atoms. The molecule has 1 saturated heterocycles. The second-order valence-corrected chi connectivity index (χ2v) is 5.58. The molecule has 1 aromatic carbocycles. The Hall–Kier alpha value is -2.25. The van der Waals surface area contributed by atoms with Crippen LogP contribution in [0.5, 0.6) is 0 Å². The Kier molecular flexibility index (Phi) is 4.40. The summed E-state index contributed by atoms with van der Waals surface area (Å²) in [5.41, 5.74) is 2.40. The van der Waals surface area contributed by atoms with Gasteiger partial charge < -0.3 is 20.1 Å². The molecule has 1 atom stereocenters. The van der Waals surface area contributed by atoms with Crippen molar-refractivity contribution in [3.05, 3.63) is 29.5 Å². The van der Waals surface area contributed by atoms with Gasteiger partial charge in [0, 0.05) is 19.1 Å². The Bertz CT molecular complexity index is 729. The summed E-state index contributed by atoms with van der Waals surface area (Å²) in [6.45, 7) is 4.90. The summed E-state index contributed by atoms with van der Waals surface area (Å²) in [6.07, 6.45) is 1.70. The topological polar surface area (TPSA) is 87.6 Å². The molecule has 7 nitrogen and oxygen atoms in total. The third kappa shape index (κ3) is 3.11. The highest BCUT2D eigenvalue weighted by Gasteiger charge is 2.18. The second-order valence-electron chi connectivity index (χ2n) is 5.58. The van der Waals surface area contributed by atoms with Gasteiger partial charge in [-0.05, 0) is 31.7 Å². The van der Waals surface area contributed by atoms with Crippen molar-refractivity contribution in [3.63, 3.8) is 0 Å². The third-order valence-corrected chi connectivity index (χ3v) is 4.15. The molecule has 2 aromatic rings. The number of fused-ring (bicyclic) bond motifs is 1. The van der Waals surface area contributed by atoms with E-state index in [2.05, 4.69) is 15.2 Å². The van der Waals surface area contributed by atoms with Gasteiger partial charge in [-0.2, -0.15) is 0 Å². The lowest BCUT2D eigenvalue weighted by Crippen LogP contribution is -2.36. The van der Waals surface area contributed by atoms with Gasteiger partial charge in [0.2, 0.25) is 0 Å². The molecule has 1 fully saturated rings. The molecular formula is C16H20N4O3. The zero-order chi connectivity index (χ0) is 16.4. The van der Waals surface area contributed by atoms with E-state index in [1.807, 2.05) is 14.0 Å². The number of carbonyl (C=O) groups is 1. The van der Waals surface area contributed by atoms with E-state index in [0.29, 0.717) is 18.7 Å².